The van der Waals surface area contributed by atoms with Crippen LogP contribution in [0.5, 0.6) is 0 Å². The van der Waals surface area contributed by atoms with Crippen molar-refractivity contribution in [2.45, 2.75) is 19.8 Å². The normalized spacial score (nSPS) is 24.1. The summed E-state index contributed by atoms with van der Waals surface area (Å²) in [6.07, 6.45) is 4.01. The Morgan fingerprint density at radius 2 is 2.18 bits per heavy atom. The molecule has 2 fully saturated rings. The molecule has 2 saturated heterocycles. The van der Waals surface area contributed by atoms with Gasteiger partial charge in [-0.3, -0.25) is 19.3 Å². The Kier molecular flexibility index (Phi) is 7.15. The number of imide groups is 1. The molecule has 1 unspecified atom stereocenters. The second-order valence-corrected chi connectivity index (χ2v) is 8.73. The van der Waals surface area contributed by atoms with Crippen LogP contribution >= 0.6 is 23.4 Å². The molecule has 1 aromatic carbocycles. The number of benzene rings is 1. The summed E-state index contributed by atoms with van der Waals surface area (Å²) in [5.74, 6) is 0.263. The molecule has 2 heterocycles. The fourth-order valence-electron chi connectivity index (χ4n) is 3.58. The van der Waals surface area contributed by atoms with Gasteiger partial charge in [0.15, 0.2) is 6.54 Å². The van der Waals surface area contributed by atoms with E-state index in [-0.39, 0.29) is 30.1 Å². The van der Waals surface area contributed by atoms with Gasteiger partial charge in [0.25, 0.3) is 17.1 Å². The van der Waals surface area contributed by atoms with Gasteiger partial charge in [0.1, 0.15) is 0 Å². The van der Waals surface area contributed by atoms with E-state index in [1.165, 1.54) is 16.2 Å². The number of likely N-dealkylation sites (tertiary alicyclic amines) is 1. The minimum Gasteiger partial charge on any atom is -0.349 e. The number of thioether (sulfide) groups is 1. The Bertz CT molecular complexity index is 799. The molecular weight excluding hydrogens is 398 g/mol. The number of quaternary nitrogens is 1. The third kappa shape index (κ3) is 5.37. The van der Waals surface area contributed by atoms with Crippen LogP contribution in [0.2, 0.25) is 5.02 Å². The molecule has 2 atom stereocenters. The molecule has 2 aliphatic rings. The van der Waals surface area contributed by atoms with E-state index >= 15 is 0 Å². The van der Waals surface area contributed by atoms with Gasteiger partial charge >= 0.3 is 0 Å². The van der Waals surface area contributed by atoms with Crippen LogP contribution in [0.1, 0.15) is 25.3 Å². The Morgan fingerprint density at radius 3 is 2.93 bits per heavy atom. The molecule has 0 saturated carbocycles. The lowest BCUT2D eigenvalue weighted by atomic mass is 10.0. The number of piperidine rings is 1. The molecular formula is C20H25ClN3O3S+. The number of nitrogens with zero attached hydrogens (tertiary/aromatic N) is 1. The number of halogens is 1. The lowest BCUT2D eigenvalue weighted by Gasteiger charge is -2.27. The van der Waals surface area contributed by atoms with Crippen molar-refractivity contribution in [3.63, 3.8) is 0 Å². The molecule has 150 valence electrons. The Hall–Kier alpha value is -1.83. The number of carbonyl (C=O) groups excluding carboxylic acids is 3. The van der Waals surface area contributed by atoms with E-state index in [2.05, 4.69) is 12.2 Å². The maximum Gasteiger partial charge on any atom is 0.293 e. The summed E-state index contributed by atoms with van der Waals surface area (Å²) in [6.45, 7) is 5.13. The monoisotopic (exact) mass is 422 g/mol. The van der Waals surface area contributed by atoms with Crippen molar-refractivity contribution in [3.05, 3.63) is 39.8 Å². The van der Waals surface area contributed by atoms with Crippen LogP contribution in [0, 0.1) is 5.92 Å². The summed E-state index contributed by atoms with van der Waals surface area (Å²) in [7, 11) is 0. The van der Waals surface area contributed by atoms with Gasteiger partial charge in [-0.05, 0) is 42.3 Å². The number of hydrogen-bond donors (Lipinski definition) is 2. The molecule has 3 amide bonds. The number of hydrogen-bond acceptors (Lipinski definition) is 4. The van der Waals surface area contributed by atoms with Crippen LogP contribution in [0.15, 0.2) is 29.2 Å². The van der Waals surface area contributed by atoms with Crippen molar-refractivity contribution < 1.29 is 19.3 Å². The Morgan fingerprint density at radius 1 is 1.39 bits per heavy atom. The van der Waals surface area contributed by atoms with Gasteiger partial charge in [-0.2, -0.15) is 0 Å². The van der Waals surface area contributed by atoms with Crippen molar-refractivity contribution in [2.75, 3.05) is 32.7 Å². The van der Waals surface area contributed by atoms with Crippen LogP contribution in [0.25, 0.3) is 6.08 Å². The van der Waals surface area contributed by atoms with Crippen molar-refractivity contribution in [2.24, 2.45) is 5.92 Å². The molecule has 1 aromatic rings. The molecule has 2 aliphatic heterocycles. The number of amides is 3. The highest BCUT2D eigenvalue weighted by molar-refractivity contribution is 8.18. The first-order valence-electron chi connectivity index (χ1n) is 9.54. The maximum atomic E-state index is 12.5. The van der Waals surface area contributed by atoms with Crippen LogP contribution in [0.3, 0.4) is 0 Å². The first-order chi connectivity index (χ1) is 13.4. The van der Waals surface area contributed by atoms with Crippen molar-refractivity contribution in [3.8, 4) is 0 Å². The second-order valence-electron chi connectivity index (χ2n) is 7.33. The van der Waals surface area contributed by atoms with Gasteiger partial charge in [-0.1, -0.05) is 36.7 Å². The molecule has 28 heavy (non-hydrogen) atoms. The summed E-state index contributed by atoms with van der Waals surface area (Å²) in [6, 6.07) is 7.15. The van der Waals surface area contributed by atoms with Gasteiger partial charge in [0.05, 0.1) is 18.0 Å². The average molecular weight is 423 g/mol. The first kappa shape index (κ1) is 20.9. The highest BCUT2D eigenvalue weighted by Crippen LogP contribution is 2.33. The van der Waals surface area contributed by atoms with Crippen LogP contribution in [-0.2, 0) is 9.59 Å². The lowest BCUT2D eigenvalue weighted by molar-refractivity contribution is -0.900. The summed E-state index contributed by atoms with van der Waals surface area (Å²) < 4.78 is 0. The van der Waals surface area contributed by atoms with Crippen molar-refractivity contribution in [1.29, 1.82) is 0 Å². The zero-order valence-corrected chi connectivity index (χ0v) is 17.4. The van der Waals surface area contributed by atoms with Crippen LogP contribution in [0.4, 0.5) is 4.79 Å². The van der Waals surface area contributed by atoms with Gasteiger partial charge in [0, 0.05) is 24.0 Å². The molecule has 0 aromatic heterocycles. The zero-order valence-electron chi connectivity index (χ0n) is 15.9. The number of carbonyl (C=O) groups is 3. The summed E-state index contributed by atoms with van der Waals surface area (Å²) in [5.41, 5.74) is 0.696. The average Bonchev–Trinajstić information content (AvgIpc) is 2.91. The predicted octanol–water partition coefficient (Wildman–Crippen LogP) is 1.81. The molecule has 0 aliphatic carbocycles. The first-order valence-corrected chi connectivity index (χ1v) is 10.7. The summed E-state index contributed by atoms with van der Waals surface area (Å²) in [5, 5.41) is 3.03. The molecule has 2 N–H and O–H groups in total. The minimum atomic E-state index is -0.348. The third-order valence-corrected chi connectivity index (χ3v) is 6.25. The summed E-state index contributed by atoms with van der Waals surface area (Å²) >= 11 is 7.01. The second kappa shape index (κ2) is 9.58. The molecule has 0 spiro atoms. The lowest BCUT2D eigenvalue weighted by Crippen LogP contribution is -3.14. The van der Waals surface area contributed by atoms with Crippen molar-refractivity contribution in [1.82, 2.24) is 10.2 Å². The smallest absolute Gasteiger partial charge is 0.293 e. The Balaban J connectivity index is 1.49. The van der Waals surface area contributed by atoms with Gasteiger partial charge in [-0.25, -0.2) is 0 Å². The SMILES string of the molecule is C[C@H]1CCC[NH+](CC(=O)NCCN2C(=O)S/C(=C\c3ccccc3Cl)C2=O)C1. The highest BCUT2D eigenvalue weighted by Gasteiger charge is 2.34. The Labute approximate surface area is 174 Å². The maximum absolute atomic E-state index is 12.5. The number of rotatable bonds is 6. The number of nitrogens with one attached hydrogen (secondary N) is 2. The fourth-order valence-corrected chi connectivity index (χ4v) is 4.63. The largest absolute Gasteiger partial charge is 0.349 e. The minimum absolute atomic E-state index is 0.0392. The standard InChI is InChI=1S/C20H24ClN3O3S/c1-14-5-4-9-23(12-14)13-18(25)22-8-10-24-19(26)17(28-20(24)27)11-15-6-2-3-7-16(15)21/h2-3,6-7,11,14H,4-5,8-10,12-13H2,1H3,(H,22,25)/p+1/b17-11-/t14-/m0/s1. The van der Waals surface area contributed by atoms with E-state index in [1.807, 2.05) is 6.07 Å². The zero-order chi connectivity index (χ0) is 20.1. The quantitative estimate of drug-likeness (QED) is 0.686. The van der Waals surface area contributed by atoms with E-state index < -0.39 is 0 Å². The van der Waals surface area contributed by atoms with Gasteiger partial charge in [0.2, 0.25) is 0 Å². The van der Waals surface area contributed by atoms with E-state index in [4.69, 9.17) is 11.6 Å². The highest BCUT2D eigenvalue weighted by atomic mass is 35.5. The van der Waals surface area contributed by atoms with E-state index in [9.17, 15) is 14.4 Å². The van der Waals surface area contributed by atoms with Crippen LogP contribution < -0.4 is 10.2 Å². The molecule has 6 nitrogen and oxygen atoms in total. The van der Waals surface area contributed by atoms with E-state index in [1.54, 1.807) is 24.3 Å². The van der Waals surface area contributed by atoms with E-state index in [0.29, 0.717) is 28.0 Å². The molecule has 0 bridgehead atoms. The summed E-state index contributed by atoms with van der Waals surface area (Å²) in [4.78, 5) is 39.6. The van der Waals surface area contributed by atoms with E-state index in [0.717, 1.165) is 31.3 Å². The molecule has 3 rings (SSSR count). The topological polar surface area (TPSA) is 70.9 Å². The van der Waals surface area contributed by atoms with Crippen molar-refractivity contribution >= 4 is 46.5 Å². The van der Waals surface area contributed by atoms with Gasteiger partial charge in [-0.15, -0.1) is 0 Å². The molecule has 8 heteroatoms. The fraction of sp³-hybridized carbons (Fsp3) is 0.450. The predicted molar refractivity (Wildman–Crippen MR) is 111 cm³/mol. The third-order valence-electron chi connectivity index (χ3n) is 5.00. The molecule has 0 radical (unpaired) electrons. The van der Waals surface area contributed by atoms with Gasteiger partial charge < -0.3 is 10.2 Å². The van der Waals surface area contributed by atoms with Crippen LogP contribution in [-0.4, -0.2) is 54.7 Å².